The Labute approximate surface area is 109 Å². The zero-order chi connectivity index (χ0) is 14.2. The maximum absolute atomic E-state index is 12.2. The van der Waals surface area contributed by atoms with E-state index in [4.69, 9.17) is 0 Å². The molecule has 1 fully saturated rings. The van der Waals surface area contributed by atoms with Gasteiger partial charge in [-0.2, -0.15) is 0 Å². The predicted octanol–water partition coefficient (Wildman–Crippen LogP) is -0.404. The molecule has 8 heteroatoms. The first kappa shape index (κ1) is 15.9. The van der Waals surface area contributed by atoms with Crippen molar-refractivity contribution in [2.24, 2.45) is 0 Å². The summed E-state index contributed by atoms with van der Waals surface area (Å²) in [6.07, 6.45) is 0.279. The lowest BCUT2D eigenvalue weighted by molar-refractivity contribution is 0.0637. The van der Waals surface area contributed by atoms with Crippen molar-refractivity contribution in [3.05, 3.63) is 0 Å². The van der Waals surface area contributed by atoms with Crippen molar-refractivity contribution in [1.82, 2.24) is 4.31 Å². The first-order chi connectivity index (χ1) is 7.94. The number of hydrogen-bond donors (Lipinski definition) is 1. The molecule has 0 aromatic rings. The van der Waals surface area contributed by atoms with Crippen molar-refractivity contribution < 1.29 is 21.9 Å². The van der Waals surface area contributed by atoms with E-state index in [0.29, 0.717) is 0 Å². The molecule has 0 atom stereocenters. The van der Waals surface area contributed by atoms with E-state index in [-0.39, 0.29) is 30.9 Å². The van der Waals surface area contributed by atoms with Crippen molar-refractivity contribution >= 4 is 19.9 Å². The first-order valence-electron chi connectivity index (χ1n) is 5.82. The zero-order valence-corrected chi connectivity index (χ0v) is 12.6. The third kappa shape index (κ3) is 4.18. The molecule has 1 saturated heterocycles. The van der Waals surface area contributed by atoms with Gasteiger partial charge in [0.05, 0.1) is 22.4 Å². The SMILES string of the molecule is CN(CC(C)(C)O)S(=O)(=O)C1CCS(=O)(=O)CC1. The van der Waals surface area contributed by atoms with Crippen LogP contribution in [0.4, 0.5) is 0 Å². The van der Waals surface area contributed by atoms with Crippen LogP contribution in [0.5, 0.6) is 0 Å². The summed E-state index contributed by atoms with van der Waals surface area (Å²) in [5.74, 6) is -0.152. The van der Waals surface area contributed by atoms with Crippen LogP contribution in [0.25, 0.3) is 0 Å². The number of hydrogen-bond acceptors (Lipinski definition) is 5. The minimum atomic E-state index is -3.54. The number of likely N-dealkylation sites (N-methyl/N-ethyl adjacent to an activating group) is 1. The summed E-state index contributed by atoms with van der Waals surface area (Å²) in [6, 6.07) is 0. The second-order valence-electron chi connectivity index (χ2n) is 5.46. The Morgan fingerprint density at radius 3 is 2.11 bits per heavy atom. The summed E-state index contributed by atoms with van der Waals surface area (Å²) < 4.78 is 48.1. The normalized spacial score (nSPS) is 22.3. The second kappa shape index (κ2) is 5.07. The summed E-state index contributed by atoms with van der Waals surface area (Å²) in [6.45, 7) is 3.06. The predicted molar refractivity (Wildman–Crippen MR) is 69.5 cm³/mol. The van der Waals surface area contributed by atoms with Crippen molar-refractivity contribution in [2.45, 2.75) is 37.5 Å². The Balaban J connectivity index is 2.76. The lowest BCUT2D eigenvalue weighted by Crippen LogP contribution is -2.45. The fraction of sp³-hybridized carbons (Fsp3) is 1.00. The molecule has 0 aliphatic carbocycles. The summed E-state index contributed by atoms with van der Waals surface area (Å²) in [7, 11) is -5.19. The van der Waals surface area contributed by atoms with Gasteiger partial charge in [0.25, 0.3) is 0 Å². The van der Waals surface area contributed by atoms with E-state index in [0.717, 1.165) is 4.31 Å². The second-order valence-corrected chi connectivity index (χ2v) is 10.1. The summed E-state index contributed by atoms with van der Waals surface area (Å²) in [5, 5.41) is 8.97. The standard InChI is InChI=1S/C10H21NO5S2/c1-10(2,12)8-11(3)18(15,16)9-4-6-17(13,14)7-5-9/h9,12H,4-8H2,1-3H3. The molecule has 1 rings (SSSR count). The number of sulfone groups is 1. The van der Waals surface area contributed by atoms with E-state index in [2.05, 4.69) is 0 Å². The lowest BCUT2D eigenvalue weighted by Gasteiger charge is -2.30. The molecule has 0 unspecified atom stereocenters. The molecule has 0 saturated carbocycles. The number of nitrogens with zero attached hydrogens (tertiary/aromatic N) is 1. The van der Waals surface area contributed by atoms with Gasteiger partial charge in [-0.25, -0.2) is 21.1 Å². The molecular formula is C10H21NO5S2. The van der Waals surface area contributed by atoms with Gasteiger partial charge in [-0.15, -0.1) is 0 Å². The third-order valence-electron chi connectivity index (χ3n) is 2.97. The van der Waals surface area contributed by atoms with E-state index in [1.165, 1.54) is 20.9 Å². The van der Waals surface area contributed by atoms with Crippen molar-refractivity contribution in [3.63, 3.8) is 0 Å². The van der Waals surface area contributed by atoms with Crippen LogP contribution >= 0.6 is 0 Å². The smallest absolute Gasteiger partial charge is 0.216 e. The molecule has 18 heavy (non-hydrogen) atoms. The van der Waals surface area contributed by atoms with E-state index in [9.17, 15) is 21.9 Å². The highest BCUT2D eigenvalue weighted by atomic mass is 32.2. The van der Waals surface area contributed by atoms with Gasteiger partial charge in [0.1, 0.15) is 9.84 Å². The summed E-state index contributed by atoms with van der Waals surface area (Å²) in [5.41, 5.74) is -1.11. The maximum atomic E-state index is 12.2. The lowest BCUT2D eigenvalue weighted by atomic mass is 10.1. The molecule has 1 N–H and O–H groups in total. The Morgan fingerprint density at radius 2 is 1.72 bits per heavy atom. The average Bonchev–Trinajstić information content (AvgIpc) is 2.14. The highest BCUT2D eigenvalue weighted by Gasteiger charge is 2.36. The Hall–Kier alpha value is -0.180. The minimum absolute atomic E-state index is 0.00141. The zero-order valence-electron chi connectivity index (χ0n) is 11.0. The van der Waals surface area contributed by atoms with E-state index in [1.54, 1.807) is 0 Å². The maximum Gasteiger partial charge on any atom is 0.216 e. The van der Waals surface area contributed by atoms with E-state index < -0.39 is 30.7 Å². The van der Waals surface area contributed by atoms with E-state index in [1.807, 2.05) is 0 Å². The van der Waals surface area contributed by atoms with Gasteiger partial charge < -0.3 is 5.11 Å². The Kier molecular flexibility index (Phi) is 4.47. The molecule has 0 radical (unpaired) electrons. The van der Waals surface area contributed by atoms with Crippen LogP contribution in [0.1, 0.15) is 26.7 Å². The van der Waals surface area contributed by atoms with Crippen LogP contribution in [0.15, 0.2) is 0 Å². The monoisotopic (exact) mass is 299 g/mol. The molecule has 0 aromatic heterocycles. The van der Waals surface area contributed by atoms with Crippen LogP contribution in [0, 0.1) is 0 Å². The third-order valence-corrected chi connectivity index (χ3v) is 6.99. The van der Waals surface area contributed by atoms with Crippen LogP contribution in [0.2, 0.25) is 0 Å². The topological polar surface area (TPSA) is 91.8 Å². The molecule has 1 aliphatic heterocycles. The van der Waals surface area contributed by atoms with Gasteiger partial charge in [-0.3, -0.25) is 0 Å². The van der Waals surface area contributed by atoms with Crippen LogP contribution in [0.3, 0.4) is 0 Å². The molecule has 6 nitrogen and oxygen atoms in total. The number of sulfonamides is 1. The molecule has 108 valence electrons. The highest BCUT2D eigenvalue weighted by Crippen LogP contribution is 2.22. The van der Waals surface area contributed by atoms with Crippen molar-refractivity contribution in [2.75, 3.05) is 25.1 Å². The van der Waals surface area contributed by atoms with Gasteiger partial charge in [0, 0.05) is 13.6 Å². The Morgan fingerprint density at radius 1 is 1.28 bits per heavy atom. The first-order valence-corrected chi connectivity index (χ1v) is 9.14. The van der Waals surface area contributed by atoms with E-state index >= 15 is 0 Å². The van der Waals surface area contributed by atoms with Gasteiger partial charge in [0.15, 0.2) is 0 Å². The average molecular weight is 299 g/mol. The minimum Gasteiger partial charge on any atom is -0.389 e. The molecule has 0 bridgehead atoms. The largest absolute Gasteiger partial charge is 0.389 e. The number of rotatable bonds is 4. The van der Waals surface area contributed by atoms with Crippen molar-refractivity contribution in [1.29, 1.82) is 0 Å². The van der Waals surface area contributed by atoms with Crippen molar-refractivity contribution in [3.8, 4) is 0 Å². The highest BCUT2D eigenvalue weighted by molar-refractivity contribution is 7.92. The number of aliphatic hydroxyl groups is 1. The molecule has 1 heterocycles. The molecule has 0 amide bonds. The quantitative estimate of drug-likeness (QED) is 0.762. The summed E-state index contributed by atoms with van der Waals surface area (Å²) >= 11 is 0. The fourth-order valence-electron chi connectivity index (χ4n) is 2.06. The summed E-state index contributed by atoms with van der Waals surface area (Å²) in [4.78, 5) is 0. The van der Waals surface area contributed by atoms with Gasteiger partial charge in [0.2, 0.25) is 10.0 Å². The molecule has 0 spiro atoms. The van der Waals surface area contributed by atoms with Crippen LogP contribution in [-0.2, 0) is 19.9 Å². The van der Waals surface area contributed by atoms with Gasteiger partial charge in [-0.1, -0.05) is 0 Å². The van der Waals surface area contributed by atoms with Crippen LogP contribution < -0.4 is 0 Å². The van der Waals surface area contributed by atoms with Crippen LogP contribution in [-0.4, -0.2) is 62.2 Å². The molecular weight excluding hydrogens is 278 g/mol. The molecule has 0 aromatic carbocycles. The fourth-order valence-corrected chi connectivity index (χ4v) is 5.68. The molecule has 1 aliphatic rings. The van der Waals surface area contributed by atoms with Gasteiger partial charge in [-0.05, 0) is 26.7 Å². The Bertz CT molecular complexity index is 475. The van der Waals surface area contributed by atoms with Gasteiger partial charge >= 0.3 is 0 Å².